The van der Waals surface area contributed by atoms with Crippen LogP contribution in [0.4, 0.5) is 10.2 Å². The monoisotopic (exact) mass is 373 g/mol. The number of nitrogens with zero attached hydrogens (tertiary/aromatic N) is 3. The topological polar surface area (TPSA) is 79.4 Å². The summed E-state index contributed by atoms with van der Waals surface area (Å²) in [6.07, 6.45) is 2.01. The second-order valence-electron chi connectivity index (χ2n) is 6.30. The Morgan fingerprint density at radius 3 is 2.70 bits per heavy atom. The molecular weight excluding hydrogens is 349 g/mol. The number of hydrogen-bond donors (Lipinski definition) is 2. The molecule has 2 heterocycles. The van der Waals surface area contributed by atoms with Crippen molar-refractivity contribution in [2.24, 2.45) is 0 Å². The zero-order valence-corrected chi connectivity index (χ0v) is 15.2. The number of benzene rings is 1. The predicted octanol–water partition coefficient (Wildman–Crippen LogP) is 1.33. The van der Waals surface area contributed by atoms with Gasteiger partial charge in [-0.1, -0.05) is 12.1 Å². The Hall–Kier alpha value is -2.58. The third kappa shape index (κ3) is 6.26. The Labute approximate surface area is 158 Å². The summed E-state index contributed by atoms with van der Waals surface area (Å²) in [6.45, 7) is 5.51. The SMILES string of the molecule is O=C(NCCc1ccc(F)cc1)c1cc(NCCN2CCOCC2)ncn1. The number of carbonyl (C=O) groups excluding carboxylic acids is 1. The highest BCUT2D eigenvalue weighted by molar-refractivity contribution is 5.92. The van der Waals surface area contributed by atoms with Crippen molar-refractivity contribution < 1.29 is 13.9 Å². The number of aromatic nitrogens is 2. The molecule has 3 rings (SSSR count). The van der Waals surface area contributed by atoms with Gasteiger partial charge in [-0.25, -0.2) is 14.4 Å². The lowest BCUT2D eigenvalue weighted by Gasteiger charge is -2.26. The second-order valence-corrected chi connectivity index (χ2v) is 6.30. The van der Waals surface area contributed by atoms with E-state index in [0.717, 1.165) is 45.0 Å². The van der Waals surface area contributed by atoms with Crippen LogP contribution >= 0.6 is 0 Å². The maximum atomic E-state index is 12.9. The van der Waals surface area contributed by atoms with Crippen LogP contribution in [0.2, 0.25) is 0 Å². The molecule has 1 saturated heterocycles. The third-order valence-corrected chi connectivity index (χ3v) is 4.35. The second kappa shape index (κ2) is 9.94. The molecule has 8 heteroatoms. The smallest absolute Gasteiger partial charge is 0.270 e. The van der Waals surface area contributed by atoms with Crippen molar-refractivity contribution in [1.82, 2.24) is 20.2 Å². The normalized spacial score (nSPS) is 14.7. The van der Waals surface area contributed by atoms with Gasteiger partial charge in [-0.3, -0.25) is 9.69 Å². The molecule has 1 fully saturated rings. The molecule has 144 valence electrons. The highest BCUT2D eigenvalue weighted by Gasteiger charge is 2.11. The van der Waals surface area contributed by atoms with Gasteiger partial charge in [0, 0.05) is 38.8 Å². The van der Waals surface area contributed by atoms with Crippen molar-refractivity contribution in [2.45, 2.75) is 6.42 Å². The third-order valence-electron chi connectivity index (χ3n) is 4.35. The van der Waals surface area contributed by atoms with Crippen LogP contribution in [0, 0.1) is 5.82 Å². The summed E-state index contributed by atoms with van der Waals surface area (Å²) in [5.41, 5.74) is 1.28. The van der Waals surface area contributed by atoms with Crippen LogP contribution in [0.5, 0.6) is 0 Å². The molecule has 2 N–H and O–H groups in total. The summed E-state index contributed by atoms with van der Waals surface area (Å²) in [7, 11) is 0. The Kier molecular flexibility index (Phi) is 7.06. The highest BCUT2D eigenvalue weighted by atomic mass is 19.1. The molecule has 1 aliphatic rings. The molecule has 0 unspecified atom stereocenters. The summed E-state index contributed by atoms with van der Waals surface area (Å²) >= 11 is 0. The number of morpholine rings is 1. The number of anilines is 1. The first-order chi connectivity index (χ1) is 13.2. The van der Waals surface area contributed by atoms with Crippen molar-refractivity contribution in [2.75, 3.05) is 51.3 Å². The number of ether oxygens (including phenoxy) is 1. The minimum absolute atomic E-state index is 0.254. The van der Waals surface area contributed by atoms with Crippen molar-refractivity contribution in [3.8, 4) is 0 Å². The largest absolute Gasteiger partial charge is 0.379 e. The number of nitrogens with one attached hydrogen (secondary N) is 2. The van der Waals surface area contributed by atoms with E-state index in [1.165, 1.54) is 18.5 Å². The van der Waals surface area contributed by atoms with Crippen LogP contribution < -0.4 is 10.6 Å². The predicted molar refractivity (Wildman–Crippen MR) is 100 cm³/mol. The lowest BCUT2D eigenvalue weighted by atomic mass is 10.1. The van der Waals surface area contributed by atoms with Gasteiger partial charge in [-0.2, -0.15) is 0 Å². The Morgan fingerprint density at radius 2 is 1.93 bits per heavy atom. The molecule has 0 spiro atoms. The van der Waals surface area contributed by atoms with Crippen LogP contribution in [0.1, 0.15) is 16.1 Å². The first kappa shape index (κ1) is 19.2. The molecule has 1 aromatic carbocycles. The van der Waals surface area contributed by atoms with E-state index in [0.29, 0.717) is 24.5 Å². The molecule has 0 radical (unpaired) electrons. The zero-order chi connectivity index (χ0) is 18.9. The van der Waals surface area contributed by atoms with E-state index in [-0.39, 0.29) is 11.7 Å². The maximum absolute atomic E-state index is 12.9. The standard InChI is InChI=1S/C19H24FN5O2/c20-16-3-1-15(2-4-16)5-6-22-19(26)17-13-18(24-14-23-17)21-7-8-25-9-11-27-12-10-25/h1-4,13-14H,5-12H2,(H,22,26)(H,21,23,24). The van der Waals surface area contributed by atoms with E-state index in [9.17, 15) is 9.18 Å². The molecule has 1 aliphatic heterocycles. The van der Waals surface area contributed by atoms with Gasteiger partial charge in [0.25, 0.3) is 5.91 Å². The quantitative estimate of drug-likeness (QED) is 0.727. The molecule has 7 nitrogen and oxygen atoms in total. The van der Waals surface area contributed by atoms with Gasteiger partial charge < -0.3 is 15.4 Å². The van der Waals surface area contributed by atoms with Crippen molar-refractivity contribution in [3.63, 3.8) is 0 Å². The number of amides is 1. The fourth-order valence-corrected chi connectivity index (χ4v) is 2.81. The summed E-state index contributed by atoms with van der Waals surface area (Å²) < 4.78 is 18.2. The molecule has 0 atom stereocenters. The molecule has 1 aromatic heterocycles. The first-order valence-corrected chi connectivity index (χ1v) is 9.09. The van der Waals surface area contributed by atoms with E-state index in [4.69, 9.17) is 4.74 Å². The zero-order valence-electron chi connectivity index (χ0n) is 15.2. The lowest BCUT2D eigenvalue weighted by Crippen LogP contribution is -2.39. The summed E-state index contributed by atoms with van der Waals surface area (Å²) in [4.78, 5) is 22.8. The molecule has 0 aliphatic carbocycles. The molecule has 0 saturated carbocycles. The van der Waals surface area contributed by atoms with E-state index in [1.54, 1.807) is 18.2 Å². The minimum atomic E-state index is -0.266. The molecule has 27 heavy (non-hydrogen) atoms. The van der Waals surface area contributed by atoms with Crippen LogP contribution in [-0.4, -0.2) is 66.7 Å². The van der Waals surface area contributed by atoms with Crippen molar-refractivity contribution >= 4 is 11.7 Å². The Bertz CT molecular complexity index is 735. The molecule has 0 bridgehead atoms. The molecule has 1 amide bonds. The van der Waals surface area contributed by atoms with Gasteiger partial charge in [0.05, 0.1) is 13.2 Å². The first-order valence-electron chi connectivity index (χ1n) is 9.09. The van der Waals surface area contributed by atoms with Gasteiger partial charge >= 0.3 is 0 Å². The lowest BCUT2D eigenvalue weighted by molar-refractivity contribution is 0.0398. The van der Waals surface area contributed by atoms with Gasteiger partial charge in [0.15, 0.2) is 0 Å². The van der Waals surface area contributed by atoms with Crippen LogP contribution in [0.15, 0.2) is 36.7 Å². The fourth-order valence-electron chi connectivity index (χ4n) is 2.81. The average Bonchev–Trinajstić information content (AvgIpc) is 2.70. The summed E-state index contributed by atoms with van der Waals surface area (Å²) in [5.74, 6) is 0.107. The summed E-state index contributed by atoms with van der Waals surface area (Å²) in [5, 5.41) is 6.05. The minimum Gasteiger partial charge on any atom is -0.379 e. The Morgan fingerprint density at radius 1 is 1.15 bits per heavy atom. The number of hydrogen-bond acceptors (Lipinski definition) is 6. The number of halogens is 1. The fraction of sp³-hybridized carbons (Fsp3) is 0.421. The van der Waals surface area contributed by atoms with Crippen molar-refractivity contribution in [1.29, 1.82) is 0 Å². The van der Waals surface area contributed by atoms with Gasteiger partial charge in [0.1, 0.15) is 23.7 Å². The maximum Gasteiger partial charge on any atom is 0.270 e. The van der Waals surface area contributed by atoms with Gasteiger partial charge in [-0.05, 0) is 24.1 Å². The van der Waals surface area contributed by atoms with Crippen molar-refractivity contribution in [3.05, 3.63) is 53.7 Å². The highest BCUT2D eigenvalue weighted by Crippen LogP contribution is 2.06. The van der Waals surface area contributed by atoms with Gasteiger partial charge in [0.2, 0.25) is 0 Å². The van der Waals surface area contributed by atoms with Crippen LogP contribution in [0.3, 0.4) is 0 Å². The van der Waals surface area contributed by atoms with E-state index in [1.807, 2.05) is 0 Å². The molecular formula is C19H24FN5O2. The van der Waals surface area contributed by atoms with Crippen LogP contribution in [0.25, 0.3) is 0 Å². The van der Waals surface area contributed by atoms with E-state index >= 15 is 0 Å². The number of rotatable bonds is 8. The van der Waals surface area contributed by atoms with Crippen LogP contribution in [-0.2, 0) is 11.2 Å². The van der Waals surface area contributed by atoms with Gasteiger partial charge in [-0.15, -0.1) is 0 Å². The number of carbonyl (C=O) groups is 1. The average molecular weight is 373 g/mol. The van der Waals surface area contributed by atoms with E-state index < -0.39 is 0 Å². The molecule has 2 aromatic rings. The Balaban J connectivity index is 1.42. The van der Waals surface area contributed by atoms with E-state index in [2.05, 4.69) is 25.5 Å². The summed E-state index contributed by atoms with van der Waals surface area (Å²) in [6, 6.07) is 7.89.